The van der Waals surface area contributed by atoms with Gasteiger partial charge in [0.2, 0.25) is 11.9 Å². The van der Waals surface area contributed by atoms with Crippen LogP contribution in [0.2, 0.25) is 0 Å². The Bertz CT molecular complexity index is 3300. The van der Waals surface area contributed by atoms with E-state index in [1.54, 1.807) is 46.5 Å². The molecule has 8 rings (SSSR count). The van der Waals surface area contributed by atoms with Gasteiger partial charge in [-0.1, -0.05) is 73.2 Å². The molecule has 6 heterocycles. The molecule has 0 radical (unpaired) electrons. The average molecular weight is 1100 g/mol. The number of nitrogens with one attached hydrogen (secondary N) is 3. The number of anilines is 4. The zero-order valence-corrected chi connectivity index (χ0v) is 47.5. The van der Waals surface area contributed by atoms with Gasteiger partial charge >= 0.3 is 6.09 Å². The van der Waals surface area contributed by atoms with E-state index in [4.69, 9.17) is 10.5 Å². The fourth-order valence-corrected chi connectivity index (χ4v) is 9.63. The van der Waals surface area contributed by atoms with Crippen molar-refractivity contribution in [2.75, 3.05) is 23.7 Å². The number of carbonyl (C=O) groups excluding carboxylic acids is 3. The van der Waals surface area contributed by atoms with Gasteiger partial charge in [0.25, 0.3) is 0 Å². The Morgan fingerprint density at radius 1 is 0.615 bits per heavy atom. The van der Waals surface area contributed by atoms with Gasteiger partial charge in [-0.25, -0.2) is 34.7 Å². The van der Waals surface area contributed by atoms with Gasteiger partial charge in [-0.15, -0.1) is 22.7 Å². The molecule has 2 aromatic carbocycles. The summed E-state index contributed by atoms with van der Waals surface area (Å²) in [5, 5.41) is 19.7. The molecule has 20 heteroatoms. The van der Waals surface area contributed by atoms with Crippen LogP contribution < -0.4 is 21.7 Å². The molecule has 1 amide bonds. The zero-order valence-electron chi connectivity index (χ0n) is 45.9. The third-order valence-corrected chi connectivity index (χ3v) is 14.7. The minimum atomic E-state index is -0.540. The molecule has 6 aromatic heterocycles. The number of rotatable bonds is 19. The van der Waals surface area contributed by atoms with Crippen molar-refractivity contribution in [2.24, 2.45) is 5.73 Å². The lowest BCUT2D eigenvalue weighted by Crippen LogP contribution is -2.34. The monoisotopic (exact) mass is 1090 g/mol. The third-order valence-electron chi connectivity index (χ3n) is 11.8. The van der Waals surface area contributed by atoms with Gasteiger partial charge in [-0.3, -0.25) is 19.0 Å². The predicted molar refractivity (Wildman–Crippen MR) is 312 cm³/mol. The highest BCUT2D eigenvalue weighted by Crippen LogP contribution is 2.31. The Kier molecular flexibility index (Phi) is 20.0. The SMILES string of the molecule is C.Cc1cc(-c2ccnc(Nc3cnn(CCN)c3)n2)ccc1CCC(=O)c1cnc(C(C)(C)C)s1.Cc1cc(-c2ccnc(Nc3cnn(CCNC(=O)OC(C)(C)C)c3)n2)ccc1CCC(=O)c1cnc(C(C)(C)C)s1. The van der Waals surface area contributed by atoms with Crippen LogP contribution in [0.4, 0.5) is 28.1 Å². The van der Waals surface area contributed by atoms with Gasteiger partial charge in [0.1, 0.15) is 5.60 Å². The number of carbonyl (C=O) groups is 3. The zero-order chi connectivity index (χ0) is 55.5. The fraction of sp³-hybridized carbons (Fsp3) is 0.397. The molecule has 0 saturated heterocycles. The van der Waals surface area contributed by atoms with Crippen LogP contribution in [-0.2, 0) is 41.5 Å². The van der Waals surface area contributed by atoms with Crippen LogP contribution in [0.3, 0.4) is 0 Å². The molecule has 0 saturated carbocycles. The Balaban J connectivity index is 0.000000253. The van der Waals surface area contributed by atoms with Crippen molar-refractivity contribution in [1.82, 2.24) is 54.8 Å². The van der Waals surface area contributed by atoms with Gasteiger partial charge in [0.15, 0.2) is 11.6 Å². The molecular formula is C58H74N14O4S2. The van der Waals surface area contributed by atoms with Crippen LogP contribution in [-0.4, -0.2) is 85.8 Å². The highest BCUT2D eigenvalue weighted by atomic mass is 32.1. The number of Topliss-reactive ketones (excluding diaryl/α,β-unsaturated/α-hetero) is 2. The summed E-state index contributed by atoms with van der Waals surface area (Å²) in [5.74, 6) is 1.22. The molecule has 5 N–H and O–H groups in total. The molecule has 0 aliphatic rings. The lowest BCUT2D eigenvalue weighted by atomic mass is 9.98. The maximum atomic E-state index is 12.8. The summed E-state index contributed by atoms with van der Waals surface area (Å²) in [7, 11) is 0. The van der Waals surface area contributed by atoms with Gasteiger partial charge in [-0.2, -0.15) is 10.2 Å². The first kappa shape index (κ1) is 59.7. The van der Waals surface area contributed by atoms with Crippen LogP contribution in [0, 0.1) is 13.8 Å². The molecule has 0 spiro atoms. The first-order valence-electron chi connectivity index (χ1n) is 25.6. The minimum Gasteiger partial charge on any atom is -0.444 e. The predicted octanol–water partition coefficient (Wildman–Crippen LogP) is 12.0. The summed E-state index contributed by atoms with van der Waals surface area (Å²) >= 11 is 2.99. The standard InChI is InChI=1S/C31H39N7O3S.C26H31N7OS.CH4/c1-20-16-22(9-8-21(20)10-11-25(39)26-18-34-27(42-26)30(2,3)4)24-12-13-32-28(37-24)36-23-17-35-38(19-23)15-14-33-29(40)41-31(5,6)7;1-17-13-19(21-9-11-28-25(32-21)31-20-14-30-33(16-20)12-10-27)6-5-18(17)7-8-22(34)23-15-29-24(35-23)26(2,3)4;/h8-9,12-13,16-19H,10-11,14-15H2,1-7H3,(H,33,40)(H,32,36,37);5-6,9,11,13-16H,7-8,10,12,27H2,1-4H3,(H,28,31,32);1H4. The highest BCUT2D eigenvalue weighted by Gasteiger charge is 2.22. The molecule has 0 aliphatic heterocycles. The number of nitrogens with zero attached hydrogens (tertiary/aromatic N) is 10. The number of aromatic nitrogens is 10. The fourth-order valence-electron chi connectivity index (χ4n) is 7.75. The number of hydrogen-bond acceptors (Lipinski definition) is 17. The van der Waals surface area contributed by atoms with Crippen LogP contribution in [0.25, 0.3) is 22.5 Å². The van der Waals surface area contributed by atoms with Crippen molar-refractivity contribution in [2.45, 2.75) is 139 Å². The van der Waals surface area contributed by atoms with E-state index >= 15 is 0 Å². The Labute approximate surface area is 466 Å². The van der Waals surface area contributed by atoms with E-state index in [1.165, 1.54) is 22.7 Å². The maximum Gasteiger partial charge on any atom is 0.407 e. The number of alkyl carbamates (subject to hydrolysis) is 1. The Hall–Kier alpha value is -7.55. The number of nitrogens with two attached hydrogens (primary N) is 1. The van der Waals surface area contributed by atoms with Crippen LogP contribution in [0.5, 0.6) is 0 Å². The summed E-state index contributed by atoms with van der Waals surface area (Å²) in [6.07, 6.45) is 15.8. The number of benzene rings is 2. The molecule has 0 aliphatic carbocycles. The van der Waals surface area contributed by atoms with Crippen molar-refractivity contribution in [3.8, 4) is 22.5 Å². The summed E-state index contributed by atoms with van der Waals surface area (Å²) in [5.41, 5.74) is 14.6. The molecular weight excluding hydrogens is 1020 g/mol. The lowest BCUT2D eigenvalue weighted by molar-refractivity contribution is 0.0525. The molecule has 0 fully saturated rings. The Morgan fingerprint density at radius 2 is 1.06 bits per heavy atom. The molecule has 78 heavy (non-hydrogen) atoms. The minimum absolute atomic E-state index is 0. The second kappa shape index (κ2) is 26.2. The number of ether oxygens (including phenoxy) is 1. The summed E-state index contributed by atoms with van der Waals surface area (Å²) in [6, 6.07) is 16.2. The number of ketones is 2. The first-order valence-corrected chi connectivity index (χ1v) is 27.2. The summed E-state index contributed by atoms with van der Waals surface area (Å²) < 4.78 is 8.74. The Morgan fingerprint density at radius 3 is 1.46 bits per heavy atom. The smallest absolute Gasteiger partial charge is 0.407 e. The lowest BCUT2D eigenvalue weighted by Gasteiger charge is -2.19. The largest absolute Gasteiger partial charge is 0.444 e. The third kappa shape index (κ3) is 17.2. The summed E-state index contributed by atoms with van der Waals surface area (Å²) in [6.45, 7) is 24.3. The molecule has 412 valence electrons. The first-order chi connectivity index (χ1) is 36.5. The summed E-state index contributed by atoms with van der Waals surface area (Å²) in [4.78, 5) is 65.7. The van der Waals surface area contributed by atoms with Gasteiger partial charge < -0.3 is 26.4 Å². The van der Waals surface area contributed by atoms with E-state index in [2.05, 4.69) is 136 Å². The maximum absolute atomic E-state index is 12.8. The molecule has 0 bridgehead atoms. The number of hydrogen-bond donors (Lipinski definition) is 4. The normalized spacial score (nSPS) is 11.5. The van der Waals surface area contributed by atoms with Crippen LogP contribution >= 0.6 is 22.7 Å². The van der Waals surface area contributed by atoms with Crippen molar-refractivity contribution in [3.05, 3.63) is 140 Å². The average Bonchev–Trinajstić information content (AvgIpc) is 4.23. The highest BCUT2D eigenvalue weighted by molar-refractivity contribution is 7.14. The van der Waals surface area contributed by atoms with E-state index in [0.29, 0.717) is 63.8 Å². The quantitative estimate of drug-likeness (QED) is 0.0551. The van der Waals surface area contributed by atoms with E-state index < -0.39 is 11.7 Å². The topological polar surface area (TPSA) is 236 Å². The molecule has 18 nitrogen and oxygen atoms in total. The van der Waals surface area contributed by atoms with Crippen molar-refractivity contribution >= 4 is 63.6 Å². The second-order valence-electron chi connectivity index (χ2n) is 21.7. The van der Waals surface area contributed by atoms with Crippen molar-refractivity contribution in [1.29, 1.82) is 0 Å². The number of amides is 1. The van der Waals surface area contributed by atoms with Crippen LogP contribution in [0.15, 0.2) is 98.1 Å². The van der Waals surface area contributed by atoms with E-state index in [9.17, 15) is 14.4 Å². The van der Waals surface area contributed by atoms with E-state index in [1.807, 2.05) is 57.4 Å². The van der Waals surface area contributed by atoms with Gasteiger partial charge in [-0.05, 0) is 94.0 Å². The van der Waals surface area contributed by atoms with Crippen LogP contribution in [0.1, 0.15) is 134 Å². The van der Waals surface area contributed by atoms with E-state index in [0.717, 1.165) is 75.9 Å². The molecule has 8 aromatic rings. The second-order valence-corrected chi connectivity index (χ2v) is 23.7. The molecule has 0 atom stereocenters. The number of aryl methyl sites for hydroxylation is 4. The number of thiazole rings is 2. The van der Waals surface area contributed by atoms with Crippen molar-refractivity contribution in [3.63, 3.8) is 0 Å². The van der Waals surface area contributed by atoms with Gasteiger partial charge in [0.05, 0.1) is 68.0 Å². The molecule has 0 unspecified atom stereocenters. The van der Waals surface area contributed by atoms with Crippen molar-refractivity contribution < 1.29 is 19.1 Å². The van der Waals surface area contributed by atoms with E-state index in [-0.39, 0.29) is 29.8 Å². The van der Waals surface area contributed by atoms with Gasteiger partial charge in [0, 0.05) is 85.1 Å².